The predicted octanol–water partition coefficient (Wildman–Crippen LogP) is 3.73. The molecular formula is C20H22ClN3O2. The summed E-state index contributed by atoms with van der Waals surface area (Å²) < 4.78 is 0. The third-order valence-corrected chi connectivity index (χ3v) is 6.97. The Labute approximate surface area is 156 Å². The Bertz CT molecular complexity index is 916. The van der Waals surface area contributed by atoms with E-state index < -0.39 is 0 Å². The first-order valence-electron chi connectivity index (χ1n) is 9.49. The minimum absolute atomic E-state index is 0.128. The van der Waals surface area contributed by atoms with Crippen molar-refractivity contribution in [1.82, 2.24) is 9.89 Å². The highest BCUT2D eigenvalue weighted by Gasteiger charge is 2.51. The van der Waals surface area contributed by atoms with Crippen molar-refractivity contribution < 1.29 is 4.79 Å². The van der Waals surface area contributed by atoms with Crippen LogP contribution < -0.4 is 11.0 Å². The van der Waals surface area contributed by atoms with Gasteiger partial charge in [-0.1, -0.05) is 29.8 Å². The zero-order valence-corrected chi connectivity index (χ0v) is 15.3. The molecule has 1 aromatic carbocycles. The van der Waals surface area contributed by atoms with E-state index in [0.29, 0.717) is 17.2 Å². The monoisotopic (exact) mass is 371 g/mol. The van der Waals surface area contributed by atoms with Crippen LogP contribution in [0.25, 0.3) is 10.8 Å². The fraction of sp³-hybridized carbons (Fsp3) is 0.550. The van der Waals surface area contributed by atoms with Gasteiger partial charge in [0.15, 0.2) is 5.15 Å². The highest BCUT2D eigenvalue weighted by atomic mass is 35.5. The predicted molar refractivity (Wildman–Crippen MR) is 101 cm³/mol. The first-order chi connectivity index (χ1) is 12.5. The van der Waals surface area contributed by atoms with Crippen molar-refractivity contribution in [3.8, 4) is 0 Å². The van der Waals surface area contributed by atoms with Gasteiger partial charge in [-0.05, 0) is 67.8 Å². The van der Waals surface area contributed by atoms with Gasteiger partial charge in [0.2, 0.25) is 5.91 Å². The van der Waals surface area contributed by atoms with Crippen LogP contribution in [0, 0.1) is 23.2 Å². The van der Waals surface area contributed by atoms with Crippen LogP contribution in [0.15, 0.2) is 29.1 Å². The number of halogens is 1. The van der Waals surface area contributed by atoms with Crippen molar-refractivity contribution in [3.63, 3.8) is 0 Å². The molecule has 1 heterocycles. The second kappa shape index (κ2) is 5.81. The van der Waals surface area contributed by atoms with E-state index in [1.807, 2.05) is 6.07 Å². The lowest BCUT2D eigenvalue weighted by molar-refractivity contribution is -0.125. The SMILES string of the molecule is O=C(CC12CC3CC(CC(C3)C1)C2)Nn1nc(Cl)c2ccccc2c1=O. The molecule has 2 aromatic rings. The fourth-order valence-electron chi connectivity index (χ4n) is 6.23. The quantitative estimate of drug-likeness (QED) is 0.894. The lowest BCUT2D eigenvalue weighted by Crippen LogP contribution is -2.48. The number of nitrogens with one attached hydrogen (secondary N) is 1. The van der Waals surface area contributed by atoms with E-state index in [-0.39, 0.29) is 22.0 Å². The number of amides is 1. The van der Waals surface area contributed by atoms with Gasteiger partial charge in [0.25, 0.3) is 5.56 Å². The molecule has 0 saturated heterocycles. The normalized spacial score (nSPS) is 32.1. The molecule has 4 fully saturated rings. The zero-order chi connectivity index (χ0) is 17.9. The van der Waals surface area contributed by atoms with Gasteiger partial charge in [0.05, 0.1) is 5.39 Å². The molecule has 26 heavy (non-hydrogen) atoms. The zero-order valence-electron chi connectivity index (χ0n) is 14.6. The number of hydrogen-bond donors (Lipinski definition) is 1. The molecule has 6 rings (SSSR count). The van der Waals surface area contributed by atoms with Gasteiger partial charge < -0.3 is 0 Å². The lowest BCUT2D eigenvalue weighted by Gasteiger charge is -2.56. The van der Waals surface area contributed by atoms with Gasteiger partial charge in [-0.2, -0.15) is 0 Å². The summed E-state index contributed by atoms with van der Waals surface area (Å²) in [4.78, 5) is 26.4. The molecule has 1 aromatic heterocycles. The van der Waals surface area contributed by atoms with Crippen LogP contribution in [0.4, 0.5) is 0 Å². The number of rotatable bonds is 3. The molecule has 1 N–H and O–H groups in total. The third kappa shape index (κ3) is 2.64. The molecule has 0 spiro atoms. The largest absolute Gasteiger partial charge is 0.294 e. The molecule has 4 bridgehead atoms. The third-order valence-electron chi connectivity index (χ3n) is 6.69. The number of aromatic nitrogens is 2. The number of fused-ring (bicyclic) bond motifs is 1. The van der Waals surface area contributed by atoms with Gasteiger partial charge in [-0.15, -0.1) is 9.89 Å². The smallest absolute Gasteiger partial charge is 0.273 e. The minimum Gasteiger partial charge on any atom is -0.273 e. The maximum absolute atomic E-state index is 12.7. The molecule has 0 unspecified atom stereocenters. The Morgan fingerprint density at radius 3 is 2.31 bits per heavy atom. The molecule has 1 amide bonds. The van der Waals surface area contributed by atoms with E-state index in [0.717, 1.165) is 41.8 Å². The molecule has 0 radical (unpaired) electrons. The summed E-state index contributed by atoms with van der Waals surface area (Å²) >= 11 is 6.20. The van der Waals surface area contributed by atoms with Gasteiger partial charge >= 0.3 is 0 Å². The lowest BCUT2D eigenvalue weighted by atomic mass is 9.49. The van der Waals surface area contributed by atoms with Gasteiger partial charge in [-0.3, -0.25) is 9.59 Å². The summed E-state index contributed by atoms with van der Waals surface area (Å²) in [6, 6.07) is 7.05. The van der Waals surface area contributed by atoms with Crippen molar-refractivity contribution in [1.29, 1.82) is 0 Å². The van der Waals surface area contributed by atoms with E-state index in [2.05, 4.69) is 10.5 Å². The number of nitrogens with zero attached hydrogens (tertiary/aromatic N) is 2. The molecule has 4 saturated carbocycles. The van der Waals surface area contributed by atoms with Crippen molar-refractivity contribution in [2.24, 2.45) is 23.2 Å². The van der Waals surface area contributed by atoms with E-state index in [1.54, 1.807) is 18.2 Å². The summed E-state index contributed by atoms with van der Waals surface area (Å²) in [5.74, 6) is 2.26. The molecule has 4 aliphatic rings. The van der Waals surface area contributed by atoms with E-state index in [1.165, 1.54) is 19.3 Å². The van der Waals surface area contributed by atoms with Crippen LogP contribution in [0.5, 0.6) is 0 Å². The molecule has 5 nitrogen and oxygen atoms in total. The maximum atomic E-state index is 12.7. The van der Waals surface area contributed by atoms with E-state index >= 15 is 0 Å². The van der Waals surface area contributed by atoms with Crippen molar-refractivity contribution in [2.45, 2.75) is 44.9 Å². The highest BCUT2D eigenvalue weighted by molar-refractivity contribution is 6.34. The molecule has 0 atom stereocenters. The molecule has 0 aliphatic heterocycles. The van der Waals surface area contributed by atoms with Gasteiger partial charge in [-0.25, -0.2) is 5.43 Å². The first kappa shape index (κ1) is 16.3. The van der Waals surface area contributed by atoms with Crippen molar-refractivity contribution >= 4 is 28.3 Å². The first-order valence-corrected chi connectivity index (χ1v) is 9.87. The summed E-state index contributed by atoms with van der Waals surface area (Å²) in [6.07, 6.45) is 8.01. The summed E-state index contributed by atoms with van der Waals surface area (Å²) in [5, 5.41) is 5.35. The summed E-state index contributed by atoms with van der Waals surface area (Å²) in [7, 11) is 0. The minimum atomic E-state index is -0.344. The van der Waals surface area contributed by atoms with Crippen LogP contribution in [0.1, 0.15) is 44.9 Å². The van der Waals surface area contributed by atoms with Crippen LogP contribution >= 0.6 is 11.6 Å². The molecule has 4 aliphatic carbocycles. The average Bonchev–Trinajstić information content (AvgIpc) is 2.58. The second-order valence-corrected chi connectivity index (χ2v) is 9.04. The molecular weight excluding hydrogens is 350 g/mol. The fourth-order valence-corrected chi connectivity index (χ4v) is 6.47. The van der Waals surface area contributed by atoms with E-state index in [4.69, 9.17) is 11.6 Å². The number of carbonyl (C=O) groups excluding carboxylic acids is 1. The highest BCUT2D eigenvalue weighted by Crippen LogP contribution is 2.61. The van der Waals surface area contributed by atoms with Crippen molar-refractivity contribution in [2.75, 3.05) is 5.43 Å². The Morgan fingerprint density at radius 2 is 1.69 bits per heavy atom. The number of carbonyl (C=O) groups is 1. The number of hydrogen-bond acceptors (Lipinski definition) is 3. The summed E-state index contributed by atoms with van der Waals surface area (Å²) in [6.45, 7) is 0. The molecule has 6 heteroatoms. The van der Waals surface area contributed by atoms with Crippen LogP contribution in [-0.2, 0) is 4.79 Å². The Morgan fingerprint density at radius 1 is 1.12 bits per heavy atom. The average molecular weight is 372 g/mol. The van der Waals surface area contributed by atoms with Crippen LogP contribution in [-0.4, -0.2) is 15.8 Å². The second-order valence-electron chi connectivity index (χ2n) is 8.68. The van der Waals surface area contributed by atoms with Crippen LogP contribution in [0.2, 0.25) is 5.15 Å². The van der Waals surface area contributed by atoms with Crippen molar-refractivity contribution in [3.05, 3.63) is 39.8 Å². The van der Waals surface area contributed by atoms with Crippen LogP contribution in [0.3, 0.4) is 0 Å². The van der Waals surface area contributed by atoms with E-state index in [9.17, 15) is 9.59 Å². The topological polar surface area (TPSA) is 64.0 Å². The Kier molecular flexibility index (Phi) is 3.64. The Hall–Kier alpha value is -1.88. The molecule has 136 valence electrons. The van der Waals surface area contributed by atoms with Gasteiger partial charge in [0.1, 0.15) is 0 Å². The van der Waals surface area contributed by atoms with Gasteiger partial charge in [0, 0.05) is 11.8 Å². The standard InChI is InChI=1S/C20H22ClN3O2/c21-18-15-3-1-2-4-16(15)19(26)24(23-18)22-17(25)11-20-8-12-5-13(9-20)7-14(6-12)10-20/h1-4,12-14H,5-11H2,(H,22,25). The summed E-state index contributed by atoms with van der Waals surface area (Å²) in [5.41, 5.74) is 2.47. The maximum Gasteiger partial charge on any atom is 0.294 e. The number of benzene rings is 1. The Balaban J connectivity index is 1.39.